The van der Waals surface area contributed by atoms with E-state index >= 15 is 0 Å². The lowest BCUT2D eigenvalue weighted by molar-refractivity contribution is 0.426. The number of rotatable bonds is 3. The zero-order valence-corrected chi connectivity index (χ0v) is 11.3. The van der Waals surface area contributed by atoms with E-state index in [-0.39, 0.29) is 5.54 Å². The molecule has 0 radical (unpaired) electrons. The van der Waals surface area contributed by atoms with Crippen LogP contribution < -0.4 is 5.32 Å². The highest BCUT2D eigenvalue weighted by Gasteiger charge is 2.10. The molecule has 0 aliphatic carbocycles. The minimum atomic E-state index is 0.150. The molecule has 0 fully saturated rings. The Hall–Kier alpha value is -1.19. The summed E-state index contributed by atoms with van der Waals surface area (Å²) in [5, 5.41) is 4.57. The summed E-state index contributed by atoms with van der Waals surface area (Å²) in [4.78, 5) is 5.74. The number of hydrogen-bond acceptors (Lipinski definition) is 3. The van der Waals surface area contributed by atoms with Gasteiger partial charge >= 0.3 is 0 Å². The highest BCUT2D eigenvalue weighted by atomic mass is 32.1. The molecule has 1 aromatic carbocycles. The van der Waals surface area contributed by atoms with Crippen molar-refractivity contribution in [2.75, 3.05) is 0 Å². The largest absolute Gasteiger partial charge is 0.307 e. The van der Waals surface area contributed by atoms with Gasteiger partial charge in [0.1, 0.15) is 5.01 Å². The van der Waals surface area contributed by atoms with E-state index < -0.39 is 0 Å². The first-order chi connectivity index (χ1) is 8.04. The van der Waals surface area contributed by atoms with Gasteiger partial charge in [-0.1, -0.05) is 30.3 Å². The number of nitrogens with zero attached hydrogens (tertiary/aromatic N) is 1. The molecular formula is C14H18N2S. The zero-order chi connectivity index (χ0) is 12.3. The molecule has 0 amide bonds. The molecule has 0 aliphatic heterocycles. The summed E-state index contributed by atoms with van der Waals surface area (Å²) < 4.78 is 0. The van der Waals surface area contributed by atoms with Gasteiger partial charge in [0, 0.05) is 28.7 Å². The standard InChI is InChI=1S/C14H18N2S/c1-14(2,3)16-10-12-9-15-13(17-12)11-7-5-4-6-8-11/h4-9,16H,10H2,1-3H3. The summed E-state index contributed by atoms with van der Waals surface area (Å²) in [5.41, 5.74) is 1.34. The number of nitrogens with one attached hydrogen (secondary N) is 1. The van der Waals surface area contributed by atoms with Crippen molar-refractivity contribution in [1.82, 2.24) is 10.3 Å². The fraction of sp³-hybridized carbons (Fsp3) is 0.357. The Bertz CT molecular complexity index is 468. The number of benzene rings is 1. The second-order valence-electron chi connectivity index (χ2n) is 5.10. The molecule has 0 saturated carbocycles. The zero-order valence-electron chi connectivity index (χ0n) is 10.5. The minimum absolute atomic E-state index is 0.150. The van der Waals surface area contributed by atoms with Crippen molar-refractivity contribution >= 4 is 11.3 Å². The normalized spacial score (nSPS) is 11.7. The summed E-state index contributed by atoms with van der Waals surface area (Å²) in [6.45, 7) is 7.40. The Balaban J connectivity index is 2.07. The minimum Gasteiger partial charge on any atom is -0.307 e. The van der Waals surface area contributed by atoms with E-state index in [9.17, 15) is 0 Å². The molecule has 90 valence electrons. The van der Waals surface area contributed by atoms with Crippen LogP contribution in [0, 0.1) is 0 Å². The SMILES string of the molecule is CC(C)(C)NCc1cnc(-c2ccccc2)s1. The average molecular weight is 246 g/mol. The van der Waals surface area contributed by atoms with E-state index in [0.717, 1.165) is 11.6 Å². The van der Waals surface area contributed by atoms with Crippen molar-refractivity contribution in [3.8, 4) is 10.6 Å². The maximum absolute atomic E-state index is 4.47. The number of hydrogen-bond donors (Lipinski definition) is 1. The molecule has 1 aromatic heterocycles. The van der Waals surface area contributed by atoms with E-state index in [1.165, 1.54) is 10.4 Å². The van der Waals surface area contributed by atoms with Gasteiger partial charge in [-0.25, -0.2) is 4.98 Å². The van der Waals surface area contributed by atoms with Crippen molar-refractivity contribution in [3.05, 3.63) is 41.4 Å². The lowest BCUT2D eigenvalue weighted by Gasteiger charge is -2.19. The molecule has 3 heteroatoms. The van der Waals surface area contributed by atoms with Crippen LogP contribution in [0.15, 0.2) is 36.5 Å². The van der Waals surface area contributed by atoms with Crippen LogP contribution in [0.5, 0.6) is 0 Å². The van der Waals surface area contributed by atoms with Crippen LogP contribution in [0.4, 0.5) is 0 Å². The van der Waals surface area contributed by atoms with E-state index in [4.69, 9.17) is 0 Å². The third kappa shape index (κ3) is 3.65. The van der Waals surface area contributed by atoms with Crippen LogP contribution in [0.1, 0.15) is 25.6 Å². The van der Waals surface area contributed by atoms with Crippen molar-refractivity contribution in [1.29, 1.82) is 0 Å². The molecule has 2 aromatic rings. The maximum Gasteiger partial charge on any atom is 0.123 e. The quantitative estimate of drug-likeness (QED) is 0.893. The van der Waals surface area contributed by atoms with Crippen LogP contribution in [-0.2, 0) is 6.54 Å². The molecule has 2 nitrogen and oxygen atoms in total. The van der Waals surface area contributed by atoms with E-state index in [2.05, 4.69) is 43.2 Å². The van der Waals surface area contributed by atoms with E-state index in [0.29, 0.717) is 0 Å². The fourth-order valence-corrected chi connectivity index (χ4v) is 2.31. The topological polar surface area (TPSA) is 24.9 Å². The summed E-state index contributed by atoms with van der Waals surface area (Å²) >= 11 is 1.75. The molecule has 0 atom stereocenters. The van der Waals surface area contributed by atoms with Gasteiger partial charge in [0.05, 0.1) is 0 Å². The van der Waals surface area contributed by atoms with Gasteiger partial charge in [0.2, 0.25) is 0 Å². The molecule has 2 rings (SSSR count). The lowest BCUT2D eigenvalue weighted by Crippen LogP contribution is -2.34. The van der Waals surface area contributed by atoms with Crippen LogP contribution in [0.2, 0.25) is 0 Å². The summed E-state index contributed by atoms with van der Waals surface area (Å²) in [5.74, 6) is 0. The second kappa shape index (κ2) is 4.98. The fourth-order valence-electron chi connectivity index (χ4n) is 1.46. The Morgan fingerprint density at radius 1 is 1.18 bits per heavy atom. The van der Waals surface area contributed by atoms with Gasteiger partial charge in [-0.2, -0.15) is 0 Å². The summed E-state index contributed by atoms with van der Waals surface area (Å²) in [6.07, 6.45) is 1.96. The highest BCUT2D eigenvalue weighted by Crippen LogP contribution is 2.24. The molecule has 0 bridgehead atoms. The Kier molecular flexibility index (Phi) is 3.60. The maximum atomic E-state index is 4.47. The highest BCUT2D eigenvalue weighted by molar-refractivity contribution is 7.15. The number of aromatic nitrogens is 1. The molecule has 1 heterocycles. The first-order valence-corrected chi connectivity index (χ1v) is 6.61. The van der Waals surface area contributed by atoms with Gasteiger partial charge in [-0.3, -0.25) is 0 Å². The predicted molar refractivity (Wildman–Crippen MR) is 74.1 cm³/mol. The summed E-state index contributed by atoms with van der Waals surface area (Å²) in [7, 11) is 0. The lowest BCUT2D eigenvalue weighted by atomic mass is 10.1. The van der Waals surface area contributed by atoms with Crippen LogP contribution in [0.25, 0.3) is 10.6 Å². The molecular weight excluding hydrogens is 228 g/mol. The first-order valence-electron chi connectivity index (χ1n) is 5.80. The third-order valence-corrected chi connectivity index (χ3v) is 3.41. The molecule has 1 N–H and O–H groups in total. The molecule has 0 unspecified atom stereocenters. The monoisotopic (exact) mass is 246 g/mol. The smallest absolute Gasteiger partial charge is 0.123 e. The van der Waals surface area contributed by atoms with Gasteiger partial charge in [0.25, 0.3) is 0 Å². The second-order valence-corrected chi connectivity index (χ2v) is 6.22. The van der Waals surface area contributed by atoms with Gasteiger partial charge in [0.15, 0.2) is 0 Å². The Morgan fingerprint density at radius 2 is 1.88 bits per heavy atom. The Labute approximate surface area is 107 Å². The van der Waals surface area contributed by atoms with Gasteiger partial charge < -0.3 is 5.32 Å². The summed E-state index contributed by atoms with van der Waals surface area (Å²) in [6, 6.07) is 10.3. The van der Waals surface area contributed by atoms with E-state index in [1.54, 1.807) is 11.3 Å². The van der Waals surface area contributed by atoms with Crippen molar-refractivity contribution in [2.24, 2.45) is 0 Å². The Morgan fingerprint density at radius 3 is 2.53 bits per heavy atom. The molecule has 0 aliphatic rings. The van der Waals surface area contributed by atoms with E-state index in [1.807, 2.05) is 24.4 Å². The van der Waals surface area contributed by atoms with Crippen molar-refractivity contribution in [3.63, 3.8) is 0 Å². The average Bonchev–Trinajstić information content (AvgIpc) is 2.75. The molecule has 0 spiro atoms. The first kappa shape index (κ1) is 12.3. The predicted octanol–water partition coefficient (Wildman–Crippen LogP) is 3.70. The third-order valence-electron chi connectivity index (χ3n) is 2.37. The van der Waals surface area contributed by atoms with Crippen LogP contribution in [0.3, 0.4) is 0 Å². The van der Waals surface area contributed by atoms with Gasteiger partial charge in [-0.15, -0.1) is 11.3 Å². The number of thiazole rings is 1. The molecule has 17 heavy (non-hydrogen) atoms. The molecule has 0 saturated heterocycles. The van der Waals surface area contributed by atoms with Crippen molar-refractivity contribution < 1.29 is 0 Å². The van der Waals surface area contributed by atoms with Crippen molar-refractivity contribution in [2.45, 2.75) is 32.9 Å². The van der Waals surface area contributed by atoms with Gasteiger partial charge in [-0.05, 0) is 20.8 Å². The van der Waals surface area contributed by atoms with Crippen LogP contribution >= 0.6 is 11.3 Å². The van der Waals surface area contributed by atoms with Crippen LogP contribution in [-0.4, -0.2) is 10.5 Å².